The van der Waals surface area contributed by atoms with Crippen LogP contribution in [-0.4, -0.2) is 32.4 Å². The fraction of sp³-hybridized carbons (Fsp3) is 0.143. The number of carboxylic acid groups (broad SMARTS) is 2. The minimum absolute atomic E-state index is 0.0812. The summed E-state index contributed by atoms with van der Waals surface area (Å²) < 4.78 is 0. The number of aryl methyl sites for hydroxylation is 2. The molecule has 6 heteroatoms. The average Bonchev–Trinajstić information content (AvgIpc) is 3.33. The molecule has 5 rings (SSSR count). The lowest BCUT2D eigenvalue weighted by Gasteiger charge is -2.15. The lowest BCUT2D eigenvalue weighted by molar-refractivity contribution is -0.133. The first-order valence-corrected chi connectivity index (χ1v) is 13.0. The molecule has 0 fully saturated rings. The van der Waals surface area contributed by atoms with Crippen LogP contribution in [0, 0.1) is 13.8 Å². The number of fused-ring (bicyclic) bond motifs is 3. The summed E-state index contributed by atoms with van der Waals surface area (Å²) in [7, 11) is 0. The van der Waals surface area contributed by atoms with E-state index in [0.29, 0.717) is 17.9 Å². The lowest BCUT2D eigenvalue weighted by Crippen LogP contribution is -2.10. The normalized spacial score (nSPS) is 10.6. The SMILES string of the molecule is C=C(Cc1ccc2c(c1CC(=C)C(=O)O)Cc1ccccc1-2)C(=O)O.Cc1ccccc1O.Cc1ccccc1O. The predicted octanol–water partition coefficient (Wildman–Crippen LogP) is 7.03. The molecule has 0 spiro atoms. The van der Waals surface area contributed by atoms with E-state index in [1.54, 1.807) is 12.1 Å². The van der Waals surface area contributed by atoms with Crippen molar-refractivity contribution in [3.63, 3.8) is 0 Å². The number of hydrogen-bond acceptors (Lipinski definition) is 4. The summed E-state index contributed by atoms with van der Waals surface area (Å²) in [5, 5.41) is 36.2. The van der Waals surface area contributed by atoms with Gasteiger partial charge in [0, 0.05) is 24.0 Å². The molecular formula is C35H34O6. The third kappa shape index (κ3) is 7.96. The van der Waals surface area contributed by atoms with E-state index in [1.807, 2.05) is 80.6 Å². The van der Waals surface area contributed by atoms with Gasteiger partial charge in [-0.15, -0.1) is 0 Å². The van der Waals surface area contributed by atoms with Crippen LogP contribution in [0.15, 0.2) is 109 Å². The Kier molecular flexibility index (Phi) is 10.3. The topological polar surface area (TPSA) is 115 Å². The minimum Gasteiger partial charge on any atom is -0.508 e. The zero-order valence-corrected chi connectivity index (χ0v) is 23.2. The molecule has 0 radical (unpaired) electrons. The number of carbonyl (C=O) groups is 2. The first kappa shape index (κ1) is 30.4. The third-order valence-electron chi connectivity index (χ3n) is 6.83. The summed E-state index contributed by atoms with van der Waals surface area (Å²) >= 11 is 0. The van der Waals surface area contributed by atoms with Gasteiger partial charge in [-0.05, 0) is 76.9 Å². The van der Waals surface area contributed by atoms with Crippen LogP contribution >= 0.6 is 0 Å². The maximum Gasteiger partial charge on any atom is 0.331 e. The highest BCUT2D eigenvalue weighted by Gasteiger charge is 2.24. The zero-order chi connectivity index (χ0) is 30.1. The predicted molar refractivity (Wildman–Crippen MR) is 161 cm³/mol. The van der Waals surface area contributed by atoms with Crippen molar-refractivity contribution >= 4 is 11.9 Å². The number of carboxylic acids is 2. The number of phenols is 2. The first-order chi connectivity index (χ1) is 19.5. The van der Waals surface area contributed by atoms with Crippen molar-refractivity contribution in [2.75, 3.05) is 0 Å². The monoisotopic (exact) mass is 550 g/mol. The summed E-state index contributed by atoms with van der Waals surface area (Å²) in [6, 6.07) is 26.4. The number of phenolic OH excluding ortho intramolecular Hbond substituents is 2. The molecule has 0 aliphatic heterocycles. The number of aromatic hydroxyl groups is 2. The summed E-state index contributed by atoms with van der Waals surface area (Å²) in [5.74, 6) is -1.36. The van der Waals surface area contributed by atoms with E-state index in [-0.39, 0.29) is 24.0 Å². The van der Waals surface area contributed by atoms with Gasteiger partial charge in [-0.3, -0.25) is 0 Å². The molecule has 6 nitrogen and oxygen atoms in total. The quantitative estimate of drug-likeness (QED) is 0.169. The smallest absolute Gasteiger partial charge is 0.331 e. The molecular weight excluding hydrogens is 516 g/mol. The third-order valence-corrected chi connectivity index (χ3v) is 6.83. The van der Waals surface area contributed by atoms with Crippen molar-refractivity contribution in [2.24, 2.45) is 0 Å². The van der Waals surface area contributed by atoms with Gasteiger partial charge in [-0.2, -0.15) is 0 Å². The maximum absolute atomic E-state index is 11.3. The highest BCUT2D eigenvalue weighted by atomic mass is 16.4. The van der Waals surface area contributed by atoms with Crippen molar-refractivity contribution in [1.82, 2.24) is 0 Å². The molecule has 0 unspecified atom stereocenters. The molecule has 0 amide bonds. The Bertz CT molecular complexity index is 1510. The Labute approximate surface area is 240 Å². The summed E-state index contributed by atoms with van der Waals surface area (Å²) in [4.78, 5) is 22.4. The van der Waals surface area contributed by atoms with Gasteiger partial charge < -0.3 is 20.4 Å². The van der Waals surface area contributed by atoms with Crippen molar-refractivity contribution in [3.05, 3.63) is 143 Å². The van der Waals surface area contributed by atoms with Crippen LogP contribution in [0.3, 0.4) is 0 Å². The van der Waals surface area contributed by atoms with E-state index in [9.17, 15) is 14.7 Å². The number of rotatable bonds is 6. The second-order valence-electron chi connectivity index (χ2n) is 9.81. The minimum atomic E-state index is -1.05. The molecule has 4 N–H and O–H groups in total. The van der Waals surface area contributed by atoms with Crippen molar-refractivity contribution in [1.29, 1.82) is 0 Å². The highest BCUT2D eigenvalue weighted by molar-refractivity contribution is 5.88. The Morgan fingerprint density at radius 2 is 1.15 bits per heavy atom. The second kappa shape index (κ2) is 13.8. The fourth-order valence-electron chi connectivity index (χ4n) is 4.43. The van der Waals surface area contributed by atoms with E-state index >= 15 is 0 Å². The van der Waals surface area contributed by atoms with E-state index < -0.39 is 11.9 Å². The van der Waals surface area contributed by atoms with Crippen LogP contribution in [-0.2, 0) is 28.9 Å². The van der Waals surface area contributed by atoms with Crippen molar-refractivity contribution < 1.29 is 30.0 Å². The lowest BCUT2D eigenvalue weighted by atomic mass is 9.89. The summed E-state index contributed by atoms with van der Waals surface area (Å²) in [5.41, 5.74) is 8.12. The van der Waals surface area contributed by atoms with Gasteiger partial charge in [-0.25, -0.2) is 9.59 Å². The Hall–Kier alpha value is -5.10. The molecule has 41 heavy (non-hydrogen) atoms. The van der Waals surface area contributed by atoms with Crippen LogP contribution in [0.5, 0.6) is 11.5 Å². The highest BCUT2D eigenvalue weighted by Crippen LogP contribution is 2.40. The van der Waals surface area contributed by atoms with Crippen LogP contribution < -0.4 is 0 Å². The van der Waals surface area contributed by atoms with Gasteiger partial charge in [0.15, 0.2) is 0 Å². The molecule has 0 atom stereocenters. The van der Waals surface area contributed by atoms with E-state index in [1.165, 1.54) is 5.56 Å². The fourth-order valence-corrected chi connectivity index (χ4v) is 4.43. The zero-order valence-electron chi connectivity index (χ0n) is 23.2. The molecule has 1 aliphatic rings. The second-order valence-corrected chi connectivity index (χ2v) is 9.81. The van der Waals surface area contributed by atoms with E-state index in [4.69, 9.17) is 15.3 Å². The Morgan fingerprint density at radius 3 is 1.63 bits per heavy atom. The standard InChI is InChI=1S/C21H18O4.2C7H8O/c1-12(20(22)23)9-15-7-8-17-16-6-4-3-5-14(16)11-19(17)18(15)10-13(2)21(24)25;2*1-6-4-2-3-5-7(6)8/h3-8H,1-2,9-11H2,(H,22,23)(H,24,25);2*2-5,8H,1H3. The Balaban J connectivity index is 0.000000234. The molecule has 0 bridgehead atoms. The van der Waals surface area contributed by atoms with Crippen molar-refractivity contribution in [3.8, 4) is 22.6 Å². The molecule has 210 valence electrons. The van der Waals surface area contributed by atoms with Gasteiger partial charge in [0.2, 0.25) is 0 Å². The molecule has 4 aromatic carbocycles. The molecule has 0 saturated heterocycles. The average molecular weight is 551 g/mol. The van der Waals surface area contributed by atoms with Crippen LogP contribution in [0.4, 0.5) is 0 Å². The molecule has 4 aromatic rings. The van der Waals surface area contributed by atoms with Gasteiger partial charge in [0.1, 0.15) is 11.5 Å². The maximum atomic E-state index is 11.3. The van der Waals surface area contributed by atoms with Crippen LogP contribution in [0.25, 0.3) is 11.1 Å². The van der Waals surface area contributed by atoms with Gasteiger partial charge in [0.25, 0.3) is 0 Å². The number of benzene rings is 4. The number of hydrogen-bond donors (Lipinski definition) is 4. The number of aliphatic carboxylic acids is 2. The summed E-state index contributed by atoms with van der Waals surface area (Å²) in [6.45, 7) is 11.0. The largest absolute Gasteiger partial charge is 0.508 e. The van der Waals surface area contributed by atoms with E-state index in [0.717, 1.165) is 38.9 Å². The summed E-state index contributed by atoms with van der Waals surface area (Å²) in [6.07, 6.45) is 1.08. The molecule has 0 aromatic heterocycles. The van der Waals surface area contributed by atoms with Gasteiger partial charge >= 0.3 is 11.9 Å². The first-order valence-electron chi connectivity index (χ1n) is 13.0. The number of para-hydroxylation sites is 2. The van der Waals surface area contributed by atoms with Crippen LogP contribution in [0.2, 0.25) is 0 Å². The van der Waals surface area contributed by atoms with Crippen molar-refractivity contribution in [2.45, 2.75) is 33.1 Å². The molecule has 1 aliphatic carbocycles. The Morgan fingerprint density at radius 1 is 0.659 bits per heavy atom. The molecule has 0 heterocycles. The van der Waals surface area contributed by atoms with Gasteiger partial charge in [-0.1, -0.05) is 86.0 Å². The van der Waals surface area contributed by atoms with Gasteiger partial charge in [0.05, 0.1) is 0 Å². The van der Waals surface area contributed by atoms with E-state index in [2.05, 4.69) is 19.2 Å². The molecule has 0 saturated carbocycles. The van der Waals surface area contributed by atoms with Crippen LogP contribution in [0.1, 0.15) is 33.4 Å².